The largest absolute Gasteiger partial charge is 0.573 e. The van der Waals surface area contributed by atoms with Crippen LogP contribution in [0.2, 0.25) is 0 Å². The van der Waals surface area contributed by atoms with Crippen LogP contribution in [-0.4, -0.2) is 32.3 Å². The van der Waals surface area contributed by atoms with Crippen LogP contribution in [-0.2, 0) is 13.1 Å². The Morgan fingerprint density at radius 3 is 2.47 bits per heavy atom. The summed E-state index contributed by atoms with van der Waals surface area (Å²) in [6, 6.07) is 11.4. The molecular weight excluding hydrogens is 479 g/mol. The maximum absolute atomic E-state index is 12.6. The Morgan fingerprint density at radius 2 is 1.78 bits per heavy atom. The molecule has 4 aromatic rings. The highest BCUT2D eigenvalue weighted by atomic mass is 19.4. The first kappa shape index (κ1) is 24.5. The van der Waals surface area contributed by atoms with Gasteiger partial charge < -0.3 is 20.4 Å². The average Bonchev–Trinajstić information content (AvgIpc) is 3.34. The number of benzene rings is 2. The number of imidazole rings is 1. The number of nitrogens with zero attached hydrogens (tertiary/aromatic N) is 2. The molecule has 10 nitrogen and oxygen atoms in total. The van der Waals surface area contributed by atoms with Crippen molar-refractivity contribution in [2.75, 3.05) is 10.6 Å². The number of aromatic amines is 2. The Labute approximate surface area is 202 Å². The SMILES string of the molecule is O=C(Nc1ncc(-c2ccc(CNCc3ncc[nH]3)cc2)c(=O)[nH]1)Nc1ccccc1OC(F)(F)F. The number of hydrogen-bond acceptors (Lipinski definition) is 6. The normalized spacial score (nSPS) is 11.2. The van der Waals surface area contributed by atoms with E-state index in [4.69, 9.17) is 0 Å². The quantitative estimate of drug-likeness (QED) is 0.249. The summed E-state index contributed by atoms with van der Waals surface area (Å²) in [6.45, 7) is 1.19. The molecule has 5 N–H and O–H groups in total. The van der Waals surface area contributed by atoms with Gasteiger partial charge in [0.15, 0.2) is 5.75 Å². The number of urea groups is 1. The lowest BCUT2D eigenvalue weighted by Gasteiger charge is -2.14. The molecule has 0 saturated heterocycles. The summed E-state index contributed by atoms with van der Waals surface area (Å²) >= 11 is 0. The molecule has 0 unspecified atom stereocenters. The topological polar surface area (TPSA) is 137 Å². The minimum absolute atomic E-state index is 0.186. The van der Waals surface area contributed by atoms with E-state index in [9.17, 15) is 22.8 Å². The van der Waals surface area contributed by atoms with Crippen molar-refractivity contribution >= 4 is 17.7 Å². The number of carbonyl (C=O) groups is 1. The van der Waals surface area contributed by atoms with E-state index in [1.54, 1.807) is 24.5 Å². The van der Waals surface area contributed by atoms with Crippen molar-refractivity contribution in [2.24, 2.45) is 0 Å². The highest BCUT2D eigenvalue weighted by Gasteiger charge is 2.32. The number of halogens is 3. The molecule has 186 valence electrons. The molecule has 0 fully saturated rings. The number of carbonyl (C=O) groups excluding carboxylic acids is 1. The first-order chi connectivity index (χ1) is 17.3. The first-order valence-electron chi connectivity index (χ1n) is 10.6. The van der Waals surface area contributed by atoms with Crippen LogP contribution in [0.25, 0.3) is 11.1 Å². The summed E-state index contributed by atoms with van der Waals surface area (Å²) in [5.74, 6) is 0.0521. The second-order valence-corrected chi connectivity index (χ2v) is 7.43. The predicted octanol–water partition coefficient (Wildman–Crippen LogP) is 3.99. The summed E-state index contributed by atoms with van der Waals surface area (Å²) in [7, 11) is 0. The van der Waals surface area contributed by atoms with Crippen LogP contribution in [0.1, 0.15) is 11.4 Å². The van der Waals surface area contributed by atoms with Crippen molar-refractivity contribution in [3.63, 3.8) is 0 Å². The Morgan fingerprint density at radius 1 is 1.00 bits per heavy atom. The van der Waals surface area contributed by atoms with Gasteiger partial charge in [-0.2, -0.15) is 0 Å². The average molecular weight is 499 g/mol. The summed E-state index contributed by atoms with van der Waals surface area (Å²) in [5.41, 5.74) is 1.17. The van der Waals surface area contributed by atoms with Crippen LogP contribution in [0.5, 0.6) is 5.75 Å². The van der Waals surface area contributed by atoms with E-state index < -0.39 is 23.7 Å². The van der Waals surface area contributed by atoms with Crippen LogP contribution >= 0.6 is 0 Å². The second kappa shape index (κ2) is 10.7. The summed E-state index contributed by atoms with van der Waals surface area (Å²) in [4.78, 5) is 38.4. The molecule has 0 radical (unpaired) electrons. The van der Waals surface area contributed by atoms with Gasteiger partial charge >= 0.3 is 12.4 Å². The maximum Gasteiger partial charge on any atom is 0.573 e. The molecule has 2 heterocycles. The zero-order valence-electron chi connectivity index (χ0n) is 18.5. The Balaban J connectivity index is 1.36. The van der Waals surface area contributed by atoms with Crippen molar-refractivity contribution in [3.8, 4) is 16.9 Å². The number of alkyl halides is 3. The zero-order chi connectivity index (χ0) is 25.5. The Bertz CT molecular complexity index is 1370. The lowest BCUT2D eigenvalue weighted by molar-refractivity contribution is -0.274. The summed E-state index contributed by atoms with van der Waals surface area (Å²) in [5, 5.41) is 7.75. The number of anilines is 2. The Kier molecular flexibility index (Phi) is 7.30. The van der Waals surface area contributed by atoms with Gasteiger partial charge in [0.05, 0.1) is 17.8 Å². The highest BCUT2D eigenvalue weighted by molar-refractivity contribution is 5.99. The van der Waals surface area contributed by atoms with Gasteiger partial charge in [0, 0.05) is 25.1 Å². The monoisotopic (exact) mass is 499 g/mol. The highest BCUT2D eigenvalue weighted by Crippen LogP contribution is 2.30. The van der Waals surface area contributed by atoms with E-state index in [1.807, 2.05) is 12.1 Å². The molecule has 0 spiro atoms. The molecule has 36 heavy (non-hydrogen) atoms. The van der Waals surface area contributed by atoms with Gasteiger partial charge in [-0.1, -0.05) is 36.4 Å². The molecule has 13 heteroatoms. The molecule has 0 bridgehead atoms. The number of para-hydroxylation sites is 2. The van der Waals surface area contributed by atoms with Crippen LogP contribution in [0.3, 0.4) is 0 Å². The fourth-order valence-corrected chi connectivity index (χ4v) is 3.23. The van der Waals surface area contributed by atoms with Crippen LogP contribution < -0.4 is 26.2 Å². The molecule has 2 aromatic carbocycles. The fraction of sp³-hybridized carbons (Fsp3) is 0.130. The number of H-pyrrole nitrogens is 2. The van der Waals surface area contributed by atoms with E-state index in [-0.39, 0.29) is 17.2 Å². The molecule has 0 atom stereocenters. The number of ether oxygens (including phenoxy) is 1. The van der Waals surface area contributed by atoms with Crippen LogP contribution in [0.15, 0.2) is 71.9 Å². The van der Waals surface area contributed by atoms with E-state index in [0.29, 0.717) is 18.7 Å². The molecule has 2 aromatic heterocycles. The lowest BCUT2D eigenvalue weighted by Crippen LogP contribution is -2.24. The maximum atomic E-state index is 12.6. The molecular formula is C23H20F3N7O3. The van der Waals surface area contributed by atoms with E-state index in [0.717, 1.165) is 17.5 Å². The third-order valence-electron chi connectivity index (χ3n) is 4.83. The third-order valence-corrected chi connectivity index (χ3v) is 4.83. The van der Waals surface area contributed by atoms with Crippen molar-refractivity contribution in [1.82, 2.24) is 25.3 Å². The van der Waals surface area contributed by atoms with Crippen molar-refractivity contribution in [3.05, 3.63) is 88.9 Å². The molecule has 0 aliphatic heterocycles. The number of rotatable bonds is 8. The van der Waals surface area contributed by atoms with Crippen molar-refractivity contribution < 1.29 is 22.7 Å². The standard InChI is InChI=1S/C23H20F3N7O3/c24-23(25,26)36-18-4-2-1-3-17(18)31-22(35)33-21-30-12-16(20(34)32-21)15-7-5-14(6-8-15)11-27-13-19-28-9-10-29-19/h1-10,12,27H,11,13H2,(H,28,29)(H3,30,31,32,33,34,35). The predicted molar refractivity (Wildman–Crippen MR) is 125 cm³/mol. The number of nitrogens with one attached hydrogen (secondary N) is 5. The second-order valence-electron chi connectivity index (χ2n) is 7.43. The summed E-state index contributed by atoms with van der Waals surface area (Å²) < 4.78 is 41.5. The van der Waals surface area contributed by atoms with Gasteiger partial charge in [0.1, 0.15) is 5.82 Å². The summed E-state index contributed by atoms with van der Waals surface area (Å²) in [6.07, 6.45) is -0.209. The van der Waals surface area contributed by atoms with Gasteiger partial charge in [-0.3, -0.25) is 15.1 Å². The van der Waals surface area contributed by atoms with E-state index in [2.05, 4.69) is 40.6 Å². The van der Waals surface area contributed by atoms with Crippen LogP contribution in [0, 0.1) is 0 Å². The van der Waals surface area contributed by atoms with Gasteiger partial charge in [-0.05, 0) is 23.3 Å². The molecule has 2 amide bonds. The molecule has 4 rings (SSSR count). The molecule has 0 aliphatic carbocycles. The molecule has 0 aliphatic rings. The van der Waals surface area contributed by atoms with Crippen molar-refractivity contribution in [1.29, 1.82) is 0 Å². The van der Waals surface area contributed by atoms with Crippen LogP contribution in [0.4, 0.5) is 29.6 Å². The molecule has 0 saturated carbocycles. The zero-order valence-corrected chi connectivity index (χ0v) is 18.5. The number of hydrogen-bond donors (Lipinski definition) is 5. The third kappa shape index (κ3) is 6.70. The van der Waals surface area contributed by atoms with E-state index >= 15 is 0 Å². The van der Waals surface area contributed by atoms with Gasteiger partial charge in [0.2, 0.25) is 5.95 Å². The van der Waals surface area contributed by atoms with Gasteiger partial charge in [-0.25, -0.2) is 14.8 Å². The first-order valence-corrected chi connectivity index (χ1v) is 10.6. The lowest BCUT2D eigenvalue weighted by atomic mass is 10.1. The van der Waals surface area contributed by atoms with Gasteiger partial charge in [-0.15, -0.1) is 13.2 Å². The minimum atomic E-state index is -4.93. The van der Waals surface area contributed by atoms with Crippen molar-refractivity contribution in [2.45, 2.75) is 19.5 Å². The van der Waals surface area contributed by atoms with Gasteiger partial charge in [0.25, 0.3) is 5.56 Å². The number of amides is 2. The smallest absolute Gasteiger partial charge is 0.404 e. The fourth-order valence-electron chi connectivity index (χ4n) is 3.23. The minimum Gasteiger partial charge on any atom is -0.404 e. The number of aromatic nitrogens is 4. The Hall–Kier alpha value is -4.65. The van der Waals surface area contributed by atoms with E-state index in [1.165, 1.54) is 24.4 Å².